The van der Waals surface area contributed by atoms with Gasteiger partial charge in [-0.2, -0.15) is 0 Å². The lowest BCUT2D eigenvalue weighted by atomic mass is 9.96. The van der Waals surface area contributed by atoms with Gasteiger partial charge >= 0.3 is 12.1 Å². The molecule has 0 aromatic heterocycles. The molecule has 0 aliphatic heterocycles. The Morgan fingerprint density at radius 1 is 1.24 bits per heavy atom. The van der Waals surface area contributed by atoms with Gasteiger partial charge in [-0.3, -0.25) is 0 Å². The summed E-state index contributed by atoms with van der Waals surface area (Å²) in [4.78, 5) is 23.6. The van der Waals surface area contributed by atoms with E-state index < -0.39 is 5.60 Å². The molecule has 5 heteroatoms. The van der Waals surface area contributed by atoms with Gasteiger partial charge in [-0.05, 0) is 63.3 Å². The molecule has 1 aromatic rings. The number of hydrogen-bond donors (Lipinski definition) is 1. The van der Waals surface area contributed by atoms with Crippen LogP contribution >= 0.6 is 0 Å². The molecule has 0 saturated heterocycles. The predicted molar refractivity (Wildman–Crippen MR) is 96.9 cm³/mol. The third-order valence-electron chi connectivity index (χ3n) is 4.67. The van der Waals surface area contributed by atoms with Crippen LogP contribution in [-0.2, 0) is 21.3 Å². The summed E-state index contributed by atoms with van der Waals surface area (Å²) >= 11 is 0. The summed E-state index contributed by atoms with van der Waals surface area (Å²) in [6.07, 6.45) is 2.48. The van der Waals surface area contributed by atoms with Crippen molar-refractivity contribution >= 4 is 12.1 Å². The molecule has 5 nitrogen and oxygen atoms in total. The number of hydrogen-bond acceptors (Lipinski definition) is 4. The highest BCUT2D eigenvalue weighted by atomic mass is 16.6. The average Bonchev–Trinajstić information content (AvgIpc) is 3.11. The maximum absolute atomic E-state index is 11.9. The standard InChI is InChI=1S/C18H23NO4.C2H6/c1-17(2,3)23-16(21)19-14-10-18(14)8-7-11-9-12(15(20)22-4)5-6-13(11)18;1-2/h5-6,9,14H,7-8,10H2,1-4H3,(H,19,21);1-2H3. The van der Waals surface area contributed by atoms with Gasteiger partial charge in [0, 0.05) is 11.5 Å². The van der Waals surface area contributed by atoms with Crippen LogP contribution in [0.1, 0.15) is 68.9 Å². The second kappa shape index (κ2) is 7.06. The molecular formula is C20H29NO4. The normalized spacial score (nSPS) is 23.2. The number of fused-ring (bicyclic) bond motifs is 2. The highest BCUT2D eigenvalue weighted by Gasteiger charge is 2.59. The summed E-state index contributed by atoms with van der Waals surface area (Å²) < 4.78 is 10.1. The first kappa shape index (κ1) is 19.3. The number of benzene rings is 1. The molecule has 1 fully saturated rings. The van der Waals surface area contributed by atoms with E-state index in [9.17, 15) is 9.59 Å². The van der Waals surface area contributed by atoms with Crippen molar-refractivity contribution in [1.82, 2.24) is 5.32 Å². The molecule has 0 radical (unpaired) electrons. The Morgan fingerprint density at radius 2 is 1.92 bits per heavy atom. The Kier molecular flexibility index (Phi) is 5.45. The lowest BCUT2D eigenvalue weighted by molar-refractivity contribution is 0.0518. The van der Waals surface area contributed by atoms with Gasteiger partial charge in [0.15, 0.2) is 0 Å². The Morgan fingerprint density at radius 3 is 2.52 bits per heavy atom. The quantitative estimate of drug-likeness (QED) is 0.822. The van der Waals surface area contributed by atoms with Crippen LogP contribution in [0, 0.1) is 0 Å². The zero-order chi connectivity index (χ0) is 18.8. The molecule has 3 rings (SSSR count). The van der Waals surface area contributed by atoms with Crippen LogP contribution in [-0.4, -0.2) is 30.8 Å². The molecule has 1 amide bonds. The molecule has 138 valence electrons. The van der Waals surface area contributed by atoms with Gasteiger partial charge in [0.05, 0.1) is 12.7 Å². The predicted octanol–water partition coefficient (Wildman–Crippen LogP) is 3.98. The lowest BCUT2D eigenvalue weighted by Crippen LogP contribution is -2.36. The summed E-state index contributed by atoms with van der Waals surface area (Å²) in [6, 6.07) is 5.84. The van der Waals surface area contributed by atoms with Gasteiger partial charge < -0.3 is 14.8 Å². The number of amides is 1. The second-order valence-electron chi connectivity index (χ2n) is 7.42. The third kappa shape index (κ3) is 3.97. The number of ether oxygens (including phenoxy) is 2. The molecule has 2 aliphatic rings. The molecule has 1 aromatic carbocycles. The maximum atomic E-state index is 11.9. The van der Waals surface area contributed by atoms with Crippen LogP contribution in [0.25, 0.3) is 0 Å². The molecule has 1 N–H and O–H groups in total. The number of alkyl carbamates (subject to hydrolysis) is 1. The number of rotatable bonds is 2. The van der Waals surface area contributed by atoms with E-state index in [1.165, 1.54) is 18.2 Å². The summed E-state index contributed by atoms with van der Waals surface area (Å²) in [5.41, 5.74) is 2.53. The minimum atomic E-state index is -0.491. The van der Waals surface area contributed by atoms with Crippen LogP contribution in [0.2, 0.25) is 0 Å². The molecule has 1 spiro atoms. The first-order valence-corrected chi connectivity index (χ1v) is 8.96. The highest BCUT2D eigenvalue weighted by Crippen LogP contribution is 2.56. The minimum absolute atomic E-state index is 0.0148. The number of aryl methyl sites for hydroxylation is 1. The summed E-state index contributed by atoms with van der Waals surface area (Å²) in [6.45, 7) is 9.57. The van der Waals surface area contributed by atoms with Crippen molar-refractivity contribution < 1.29 is 19.1 Å². The molecular weight excluding hydrogens is 318 g/mol. The molecule has 25 heavy (non-hydrogen) atoms. The van der Waals surface area contributed by atoms with Gasteiger partial charge in [-0.1, -0.05) is 19.9 Å². The fourth-order valence-corrected chi connectivity index (χ4v) is 3.54. The first-order valence-electron chi connectivity index (χ1n) is 8.96. The van der Waals surface area contributed by atoms with Crippen molar-refractivity contribution in [3.63, 3.8) is 0 Å². The smallest absolute Gasteiger partial charge is 0.407 e. The topological polar surface area (TPSA) is 64.6 Å². The Bertz CT molecular complexity index is 662. The van der Waals surface area contributed by atoms with E-state index in [0.717, 1.165) is 19.3 Å². The van der Waals surface area contributed by atoms with E-state index in [0.29, 0.717) is 5.56 Å². The monoisotopic (exact) mass is 347 g/mol. The van der Waals surface area contributed by atoms with Gasteiger partial charge in [-0.15, -0.1) is 0 Å². The van der Waals surface area contributed by atoms with Gasteiger partial charge in [0.2, 0.25) is 0 Å². The molecule has 1 saturated carbocycles. The van der Waals surface area contributed by atoms with E-state index >= 15 is 0 Å². The Balaban J connectivity index is 0.00000109. The van der Waals surface area contributed by atoms with Crippen molar-refractivity contribution in [3.8, 4) is 0 Å². The summed E-state index contributed by atoms with van der Waals surface area (Å²) in [5, 5.41) is 2.98. The van der Waals surface area contributed by atoms with E-state index in [4.69, 9.17) is 9.47 Å². The second-order valence-corrected chi connectivity index (χ2v) is 7.42. The van der Waals surface area contributed by atoms with Crippen LogP contribution in [0.3, 0.4) is 0 Å². The van der Waals surface area contributed by atoms with E-state index in [1.54, 1.807) is 6.07 Å². The number of nitrogens with one attached hydrogen (secondary N) is 1. The van der Waals surface area contributed by atoms with Crippen molar-refractivity contribution in [2.75, 3.05) is 7.11 Å². The first-order chi connectivity index (χ1) is 11.7. The fraction of sp³-hybridized carbons (Fsp3) is 0.600. The molecule has 0 heterocycles. The Labute approximate surface area is 150 Å². The van der Waals surface area contributed by atoms with Crippen LogP contribution in [0.5, 0.6) is 0 Å². The molecule has 2 unspecified atom stereocenters. The number of carbonyl (C=O) groups excluding carboxylic acids is 2. The summed E-state index contributed by atoms with van der Waals surface area (Å²) in [5.74, 6) is -0.312. The molecule has 2 atom stereocenters. The average molecular weight is 347 g/mol. The molecule has 0 bridgehead atoms. The van der Waals surface area contributed by atoms with Gasteiger partial charge in [0.1, 0.15) is 5.60 Å². The number of methoxy groups -OCH3 is 1. The van der Waals surface area contributed by atoms with Crippen LogP contribution in [0.15, 0.2) is 18.2 Å². The van der Waals surface area contributed by atoms with E-state index in [1.807, 2.05) is 46.8 Å². The van der Waals surface area contributed by atoms with Gasteiger partial charge in [0.25, 0.3) is 0 Å². The van der Waals surface area contributed by atoms with Crippen LogP contribution < -0.4 is 5.32 Å². The van der Waals surface area contributed by atoms with Crippen molar-refractivity contribution in [2.24, 2.45) is 0 Å². The highest BCUT2D eigenvalue weighted by molar-refractivity contribution is 5.89. The SMILES string of the molecule is CC.COC(=O)c1ccc2c(c1)CCC21CC1NC(=O)OC(C)(C)C. The zero-order valence-corrected chi connectivity index (χ0v) is 16.1. The molecule has 2 aliphatic carbocycles. The zero-order valence-electron chi connectivity index (χ0n) is 16.1. The van der Waals surface area contributed by atoms with E-state index in [-0.39, 0.29) is 23.5 Å². The fourth-order valence-electron chi connectivity index (χ4n) is 3.54. The third-order valence-corrected chi connectivity index (χ3v) is 4.67. The maximum Gasteiger partial charge on any atom is 0.407 e. The largest absolute Gasteiger partial charge is 0.465 e. The number of esters is 1. The Hall–Kier alpha value is -2.04. The minimum Gasteiger partial charge on any atom is -0.465 e. The number of carbonyl (C=O) groups is 2. The lowest BCUT2D eigenvalue weighted by Gasteiger charge is -2.20. The van der Waals surface area contributed by atoms with Crippen molar-refractivity contribution in [2.45, 2.75) is 70.9 Å². The van der Waals surface area contributed by atoms with Crippen LogP contribution in [0.4, 0.5) is 4.79 Å². The van der Waals surface area contributed by atoms with Gasteiger partial charge in [-0.25, -0.2) is 9.59 Å². The van der Waals surface area contributed by atoms with E-state index in [2.05, 4.69) is 5.32 Å². The summed E-state index contributed by atoms with van der Waals surface area (Å²) in [7, 11) is 1.39. The van der Waals surface area contributed by atoms with Crippen molar-refractivity contribution in [3.05, 3.63) is 34.9 Å². The van der Waals surface area contributed by atoms with Crippen molar-refractivity contribution in [1.29, 1.82) is 0 Å².